The van der Waals surface area contributed by atoms with Gasteiger partial charge in [-0.2, -0.15) is 0 Å². The predicted octanol–water partition coefficient (Wildman–Crippen LogP) is 4.24. The van der Waals surface area contributed by atoms with Gasteiger partial charge in [0.05, 0.1) is 11.6 Å². The van der Waals surface area contributed by atoms with Crippen LogP contribution in [0.5, 0.6) is 0 Å². The molecule has 92 valence electrons. The van der Waals surface area contributed by atoms with Crippen LogP contribution < -0.4 is 5.32 Å². The minimum Gasteiger partial charge on any atom is -0.458 e. The van der Waals surface area contributed by atoms with Crippen molar-refractivity contribution in [2.24, 2.45) is 0 Å². The van der Waals surface area contributed by atoms with Crippen molar-refractivity contribution >= 4 is 22.6 Å². The van der Waals surface area contributed by atoms with E-state index in [0.29, 0.717) is 10.9 Å². The molecule has 0 atom stereocenters. The summed E-state index contributed by atoms with van der Waals surface area (Å²) < 4.78 is 5.92. The fourth-order valence-corrected chi connectivity index (χ4v) is 2.51. The summed E-state index contributed by atoms with van der Waals surface area (Å²) in [6, 6.07) is 3.95. The molecule has 0 fully saturated rings. The molecule has 2 nitrogen and oxygen atoms in total. The molecule has 2 aromatic rings. The number of hydrogen-bond donors (Lipinski definition) is 1. The summed E-state index contributed by atoms with van der Waals surface area (Å²) >= 11 is 6.21. The largest absolute Gasteiger partial charge is 0.458 e. The number of aryl methyl sites for hydroxylation is 1. The van der Waals surface area contributed by atoms with Gasteiger partial charge in [0, 0.05) is 10.9 Å². The third-order valence-corrected chi connectivity index (χ3v) is 3.33. The summed E-state index contributed by atoms with van der Waals surface area (Å²) in [5, 5.41) is 5.01. The number of halogens is 1. The van der Waals surface area contributed by atoms with Crippen LogP contribution in [0.15, 0.2) is 16.5 Å². The van der Waals surface area contributed by atoms with Crippen LogP contribution in [0.4, 0.5) is 0 Å². The molecule has 0 saturated carbocycles. The standard InChI is InChI=1S/C14H18ClNO/c1-8(2)12-11(7-16-4)17-14-10(15)6-5-9(3)13(12)14/h5-6,8,16H,7H2,1-4H3. The number of nitrogens with one attached hydrogen (secondary N) is 1. The summed E-state index contributed by atoms with van der Waals surface area (Å²) in [6.07, 6.45) is 0. The van der Waals surface area contributed by atoms with Crippen molar-refractivity contribution < 1.29 is 4.42 Å². The average Bonchev–Trinajstić information content (AvgIpc) is 2.64. The first kappa shape index (κ1) is 12.5. The lowest BCUT2D eigenvalue weighted by molar-refractivity contribution is 0.520. The lowest BCUT2D eigenvalue weighted by atomic mass is 9.96. The SMILES string of the molecule is CNCc1oc2c(Cl)ccc(C)c2c1C(C)C. The monoisotopic (exact) mass is 251 g/mol. The van der Waals surface area contributed by atoms with Gasteiger partial charge in [-0.05, 0) is 31.5 Å². The second-order valence-electron chi connectivity index (χ2n) is 4.69. The van der Waals surface area contributed by atoms with Crippen LogP contribution in [0, 0.1) is 6.92 Å². The molecular formula is C14H18ClNO. The van der Waals surface area contributed by atoms with Gasteiger partial charge in [-0.25, -0.2) is 0 Å². The highest BCUT2D eigenvalue weighted by molar-refractivity contribution is 6.35. The fourth-order valence-electron chi connectivity index (χ4n) is 2.31. The molecule has 0 amide bonds. The minimum atomic E-state index is 0.428. The molecule has 2 rings (SSSR count). The Kier molecular flexibility index (Phi) is 3.45. The maximum Gasteiger partial charge on any atom is 0.153 e. The first-order valence-corrected chi connectivity index (χ1v) is 6.29. The normalized spacial score (nSPS) is 11.6. The average molecular weight is 252 g/mol. The van der Waals surface area contributed by atoms with E-state index < -0.39 is 0 Å². The van der Waals surface area contributed by atoms with Gasteiger partial charge >= 0.3 is 0 Å². The smallest absolute Gasteiger partial charge is 0.153 e. The van der Waals surface area contributed by atoms with Crippen LogP contribution in [0.25, 0.3) is 11.0 Å². The number of hydrogen-bond acceptors (Lipinski definition) is 2. The summed E-state index contributed by atoms with van der Waals surface area (Å²) in [5.41, 5.74) is 3.31. The number of rotatable bonds is 3. The molecule has 0 radical (unpaired) electrons. The van der Waals surface area contributed by atoms with E-state index in [2.05, 4.69) is 32.2 Å². The fraction of sp³-hybridized carbons (Fsp3) is 0.429. The molecule has 0 bridgehead atoms. The third-order valence-electron chi connectivity index (χ3n) is 3.03. The van der Waals surface area contributed by atoms with E-state index >= 15 is 0 Å². The van der Waals surface area contributed by atoms with Gasteiger partial charge in [0.15, 0.2) is 5.58 Å². The highest BCUT2D eigenvalue weighted by Gasteiger charge is 2.19. The van der Waals surface area contributed by atoms with Crippen LogP contribution in [0.1, 0.15) is 36.7 Å². The number of fused-ring (bicyclic) bond motifs is 1. The Hall–Kier alpha value is -0.990. The second kappa shape index (κ2) is 4.71. The maximum absolute atomic E-state index is 6.21. The Balaban J connectivity index is 2.80. The van der Waals surface area contributed by atoms with Crippen LogP contribution in [-0.2, 0) is 6.54 Å². The highest BCUT2D eigenvalue weighted by atomic mass is 35.5. The van der Waals surface area contributed by atoms with Crippen molar-refractivity contribution in [1.82, 2.24) is 5.32 Å². The van der Waals surface area contributed by atoms with E-state index in [-0.39, 0.29) is 0 Å². The number of furan rings is 1. The Bertz CT molecular complexity index is 543. The van der Waals surface area contributed by atoms with Crippen LogP contribution in [0.2, 0.25) is 5.02 Å². The molecule has 1 aromatic heterocycles. The van der Waals surface area contributed by atoms with Crippen LogP contribution in [-0.4, -0.2) is 7.05 Å². The Morgan fingerprint density at radius 2 is 2.06 bits per heavy atom. The van der Waals surface area contributed by atoms with Crippen molar-refractivity contribution in [3.63, 3.8) is 0 Å². The lowest BCUT2D eigenvalue weighted by Gasteiger charge is -2.07. The van der Waals surface area contributed by atoms with E-state index in [4.69, 9.17) is 16.0 Å². The van der Waals surface area contributed by atoms with E-state index in [0.717, 1.165) is 17.9 Å². The van der Waals surface area contributed by atoms with Crippen LogP contribution >= 0.6 is 11.6 Å². The van der Waals surface area contributed by atoms with Gasteiger partial charge in [-0.15, -0.1) is 0 Å². The van der Waals surface area contributed by atoms with Crippen molar-refractivity contribution in [3.05, 3.63) is 34.0 Å². The molecular weight excluding hydrogens is 234 g/mol. The third kappa shape index (κ3) is 2.07. The number of benzene rings is 1. The van der Waals surface area contributed by atoms with E-state index in [1.807, 2.05) is 13.1 Å². The van der Waals surface area contributed by atoms with Gasteiger partial charge in [0.25, 0.3) is 0 Å². The van der Waals surface area contributed by atoms with Gasteiger partial charge in [-0.3, -0.25) is 0 Å². The zero-order chi connectivity index (χ0) is 12.6. The van der Waals surface area contributed by atoms with Crippen molar-refractivity contribution in [3.8, 4) is 0 Å². The van der Waals surface area contributed by atoms with E-state index in [1.54, 1.807) is 0 Å². The first-order chi connectivity index (χ1) is 8.06. The van der Waals surface area contributed by atoms with Crippen LogP contribution in [0.3, 0.4) is 0 Å². The second-order valence-corrected chi connectivity index (χ2v) is 5.10. The Morgan fingerprint density at radius 3 is 2.65 bits per heavy atom. The Morgan fingerprint density at radius 1 is 1.35 bits per heavy atom. The molecule has 0 aliphatic rings. The predicted molar refractivity (Wildman–Crippen MR) is 72.8 cm³/mol. The molecule has 17 heavy (non-hydrogen) atoms. The Labute approximate surface area is 107 Å². The summed E-state index contributed by atoms with van der Waals surface area (Å²) in [4.78, 5) is 0. The maximum atomic E-state index is 6.21. The van der Waals surface area contributed by atoms with Crippen molar-refractivity contribution in [1.29, 1.82) is 0 Å². The molecule has 1 aromatic carbocycles. The first-order valence-electron chi connectivity index (χ1n) is 5.91. The molecule has 0 saturated heterocycles. The quantitative estimate of drug-likeness (QED) is 0.883. The van der Waals surface area contributed by atoms with Gasteiger partial charge in [0.2, 0.25) is 0 Å². The van der Waals surface area contributed by atoms with Gasteiger partial charge in [0.1, 0.15) is 5.76 Å². The zero-order valence-electron chi connectivity index (χ0n) is 10.7. The molecule has 0 unspecified atom stereocenters. The summed E-state index contributed by atoms with van der Waals surface area (Å²) in [6.45, 7) is 7.20. The zero-order valence-corrected chi connectivity index (χ0v) is 11.5. The molecule has 0 aliphatic heterocycles. The van der Waals surface area contributed by atoms with E-state index in [9.17, 15) is 0 Å². The summed E-state index contributed by atoms with van der Waals surface area (Å²) in [7, 11) is 1.92. The summed E-state index contributed by atoms with van der Waals surface area (Å²) in [5.74, 6) is 1.42. The van der Waals surface area contributed by atoms with Gasteiger partial charge in [-0.1, -0.05) is 31.5 Å². The van der Waals surface area contributed by atoms with E-state index in [1.165, 1.54) is 16.5 Å². The topological polar surface area (TPSA) is 25.2 Å². The molecule has 1 heterocycles. The minimum absolute atomic E-state index is 0.428. The van der Waals surface area contributed by atoms with Crippen molar-refractivity contribution in [2.45, 2.75) is 33.2 Å². The molecule has 3 heteroatoms. The molecule has 1 N–H and O–H groups in total. The van der Waals surface area contributed by atoms with Crippen molar-refractivity contribution in [2.75, 3.05) is 7.05 Å². The molecule has 0 spiro atoms. The van der Waals surface area contributed by atoms with Gasteiger partial charge < -0.3 is 9.73 Å². The lowest BCUT2D eigenvalue weighted by Crippen LogP contribution is -2.06. The molecule has 0 aliphatic carbocycles. The highest BCUT2D eigenvalue weighted by Crippen LogP contribution is 2.37.